The Morgan fingerprint density at radius 2 is 2.00 bits per heavy atom. The summed E-state index contributed by atoms with van der Waals surface area (Å²) >= 11 is 0. The minimum absolute atomic E-state index is 0.295. The topological polar surface area (TPSA) is 77.8 Å². The zero-order chi connectivity index (χ0) is 15.8. The van der Waals surface area contributed by atoms with Crippen LogP contribution < -0.4 is 10.1 Å². The van der Waals surface area contributed by atoms with Crippen molar-refractivity contribution in [2.75, 3.05) is 11.9 Å². The number of carbonyl (C=O) groups excluding carboxylic acids is 2. The molecule has 6 heteroatoms. The summed E-state index contributed by atoms with van der Waals surface area (Å²) in [4.78, 5) is 22.9. The Morgan fingerprint density at radius 1 is 1.23 bits per heavy atom. The van der Waals surface area contributed by atoms with Crippen LogP contribution in [0.5, 0.6) is 5.75 Å². The summed E-state index contributed by atoms with van der Waals surface area (Å²) in [5.74, 6) is 0.400. The van der Waals surface area contributed by atoms with Crippen LogP contribution in [0.3, 0.4) is 0 Å². The van der Waals surface area contributed by atoms with Crippen molar-refractivity contribution in [1.29, 1.82) is 0 Å². The van der Waals surface area contributed by atoms with Crippen molar-refractivity contribution in [3.05, 3.63) is 54.5 Å². The van der Waals surface area contributed by atoms with Gasteiger partial charge in [-0.2, -0.15) is 0 Å². The zero-order valence-corrected chi connectivity index (χ0v) is 11.9. The van der Waals surface area contributed by atoms with Gasteiger partial charge >= 0.3 is 12.1 Å². The van der Waals surface area contributed by atoms with Gasteiger partial charge in [0.05, 0.1) is 12.9 Å². The Bertz CT molecular complexity index is 644. The molecule has 1 amide bonds. The van der Waals surface area contributed by atoms with Crippen molar-refractivity contribution in [3.8, 4) is 5.75 Å². The van der Waals surface area contributed by atoms with E-state index < -0.39 is 12.1 Å². The molecular formula is C16H15NO5. The normalized spacial score (nSPS) is 10.4. The molecule has 0 fully saturated rings. The highest BCUT2D eigenvalue weighted by atomic mass is 16.5. The predicted octanol–water partition coefficient (Wildman–Crippen LogP) is 3.47. The monoisotopic (exact) mass is 301 g/mol. The third kappa shape index (κ3) is 4.82. The maximum Gasteiger partial charge on any atom is 0.411 e. The van der Waals surface area contributed by atoms with Crippen LogP contribution in [0, 0.1) is 0 Å². The molecule has 0 aliphatic heterocycles. The highest BCUT2D eigenvalue weighted by Crippen LogP contribution is 2.16. The van der Waals surface area contributed by atoms with Crippen LogP contribution in [-0.2, 0) is 9.53 Å². The Morgan fingerprint density at radius 3 is 2.64 bits per heavy atom. The Balaban J connectivity index is 1.88. The molecule has 0 unspecified atom stereocenters. The van der Waals surface area contributed by atoms with Crippen LogP contribution in [0.25, 0.3) is 6.08 Å². The van der Waals surface area contributed by atoms with Crippen molar-refractivity contribution in [3.63, 3.8) is 0 Å². The fourth-order valence-corrected chi connectivity index (χ4v) is 1.58. The number of benzene rings is 1. The lowest BCUT2D eigenvalue weighted by Gasteiger charge is -2.06. The average molecular weight is 301 g/mol. The van der Waals surface area contributed by atoms with Gasteiger partial charge in [0.1, 0.15) is 11.5 Å². The molecule has 0 bridgehead atoms. The summed E-state index contributed by atoms with van der Waals surface area (Å²) in [5, 5.41) is 2.54. The molecule has 1 N–H and O–H groups in total. The third-order valence-electron chi connectivity index (χ3n) is 2.52. The minimum Gasteiger partial charge on any atom is -0.465 e. The number of anilines is 1. The first-order chi connectivity index (χ1) is 10.7. The molecule has 0 saturated carbocycles. The van der Waals surface area contributed by atoms with Gasteiger partial charge in [0.25, 0.3) is 0 Å². The molecule has 22 heavy (non-hydrogen) atoms. The molecular weight excluding hydrogens is 286 g/mol. The Hall–Kier alpha value is -3.02. The number of furan rings is 1. The first-order valence-corrected chi connectivity index (χ1v) is 6.64. The summed E-state index contributed by atoms with van der Waals surface area (Å²) < 4.78 is 14.9. The second-order valence-electron chi connectivity index (χ2n) is 4.14. The molecule has 114 valence electrons. The van der Waals surface area contributed by atoms with E-state index in [1.54, 1.807) is 43.3 Å². The van der Waals surface area contributed by atoms with Crippen molar-refractivity contribution < 1.29 is 23.5 Å². The highest BCUT2D eigenvalue weighted by molar-refractivity contribution is 5.88. The second-order valence-corrected chi connectivity index (χ2v) is 4.14. The van der Waals surface area contributed by atoms with Gasteiger partial charge in [-0.3, -0.25) is 5.32 Å². The summed E-state index contributed by atoms with van der Waals surface area (Å²) in [6, 6.07) is 9.80. The fourth-order valence-electron chi connectivity index (χ4n) is 1.58. The van der Waals surface area contributed by atoms with Crippen LogP contribution in [0.2, 0.25) is 0 Å². The van der Waals surface area contributed by atoms with E-state index in [-0.39, 0.29) is 0 Å². The van der Waals surface area contributed by atoms with Crippen LogP contribution in [0.15, 0.2) is 53.2 Å². The number of amides is 1. The number of hydrogen-bond donors (Lipinski definition) is 1. The molecule has 0 saturated heterocycles. The van der Waals surface area contributed by atoms with Gasteiger partial charge in [0.15, 0.2) is 0 Å². The zero-order valence-electron chi connectivity index (χ0n) is 11.9. The second kappa shape index (κ2) is 7.68. The number of esters is 1. The molecule has 2 aromatic rings. The van der Waals surface area contributed by atoms with E-state index in [1.165, 1.54) is 18.4 Å². The van der Waals surface area contributed by atoms with E-state index in [0.29, 0.717) is 23.8 Å². The van der Waals surface area contributed by atoms with Gasteiger partial charge in [0.2, 0.25) is 0 Å². The molecule has 0 aliphatic carbocycles. The first-order valence-electron chi connectivity index (χ1n) is 6.64. The minimum atomic E-state index is -0.534. The van der Waals surface area contributed by atoms with Gasteiger partial charge in [-0.15, -0.1) is 0 Å². The Labute approximate surface area is 127 Å². The molecule has 0 radical (unpaired) electrons. The van der Waals surface area contributed by atoms with Gasteiger partial charge in [0, 0.05) is 11.8 Å². The molecule has 0 spiro atoms. The summed E-state index contributed by atoms with van der Waals surface area (Å²) in [6.07, 6.45) is 3.76. The van der Waals surface area contributed by atoms with E-state index in [1.807, 2.05) is 0 Å². The van der Waals surface area contributed by atoms with E-state index in [4.69, 9.17) is 13.9 Å². The highest BCUT2D eigenvalue weighted by Gasteiger charge is 2.04. The molecule has 0 atom stereocenters. The third-order valence-corrected chi connectivity index (χ3v) is 2.52. The predicted molar refractivity (Wildman–Crippen MR) is 80.5 cm³/mol. The lowest BCUT2D eigenvalue weighted by molar-refractivity contribution is -0.128. The van der Waals surface area contributed by atoms with Gasteiger partial charge < -0.3 is 13.9 Å². The maximum atomic E-state index is 11.6. The molecule has 1 heterocycles. The quantitative estimate of drug-likeness (QED) is 0.520. The fraction of sp³-hybridized carbons (Fsp3) is 0.125. The average Bonchev–Trinajstić information content (AvgIpc) is 3.01. The molecule has 2 rings (SSSR count). The van der Waals surface area contributed by atoms with Gasteiger partial charge in [-0.05, 0) is 49.4 Å². The lowest BCUT2D eigenvalue weighted by atomic mass is 10.3. The molecule has 6 nitrogen and oxygen atoms in total. The van der Waals surface area contributed by atoms with Crippen LogP contribution in [0.1, 0.15) is 12.7 Å². The molecule has 0 aliphatic rings. The largest absolute Gasteiger partial charge is 0.465 e. The van der Waals surface area contributed by atoms with E-state index in [2.05, 4.69) is 5.32 Å². The first kappa shape index (κ1) is 15.4. The summed E-state index contributed by atoms with van der Waals surface area (Å²) in [6.45, 7) is 2.02. The number of ether oxygens (including phenoxy) is 2. The number of hydrogen-bond acceptors (Lipinski definition) is 5. The number of nitrogens with one attached hydrogen (secondary N) is 1. The maximum absolute atomic E-state index is 11.6. The van der Waals surface area contributed by atoms with Crippen LogP contribution in [-0.4, -0.2) is 18.7 Å². The van der Waals surface area contributed by atoms with Gasteiger partial charge in [-0.1, -0.05) is 0 Å². The number of rotatable bonds is 5. The smallest absolute Gasteiger partial charge is 0.411 e. The van der Waals surface area contributed by atoms with Gasteiger partial charge in [-0.25, -0.2) is 9.59 Å². The van der Waals surface area contributed by atoms with E-state index in [0.717, 1.165) is 0 Å². The van der Waals surface area contributed by atoms with Crippen LogP contribution in [0.4, 0.5) is 10.5 Å². The molecule has 1 aromatic carbocycles. The van der Waals surface area contributed by atoms with Crippen LogP contribution >= 0.6 is 0 Å². The summed E-state index contributed by atoms with van der Waals surface area (Å²) in [5.41, 5.74) is 0.546. The summed E-state index contributed by atoms with van der Waals surface area (Å²) in [7, 11) is 0. The van der Waals surface area contributed by atoms with Crippen molar-refractivity contribution in [1.82, 2.24) is 0 Å². The SMILES string of the molecule is CCOC(=O)Nc1ccc(OC(=O)/C=C/c2ccco2)cc1. The van der Waals surface area contributed by atoms with E-state index >= 15 is 0 Å². The molecule has 1 aromatic heterocycles. The number of carbonyl (C=O) groups is 2. The van der Waals surface area contributed by atoms with Crippen molar-refractivity contribution >= 4 is 23.8 Å². The van der Waals surface area contributed by atoms with Crippen molar-refractivity contribution in [2.45, 2.75) is 6.92 Å². The van der Waals surface area contributed by atoms with Crippen molar-refractivity contribution in [2.24, 2.45) is 0 Å². The lowest BCUT2D eigenvalue weighted by Crippen LogP contribution is -2.13. The van der Waals surface area contributed by atoms with E-state index in [9.17, 15) is 9.59 Å². The Kier molecular flexibility index (Phi) is 5.37. The standard InChI is InChI=1S/C16H15NO5/c1-2-20-16(19)17-12-5-7-14(8-6-12)22-15(18)10-9-13-4-3-11-21-13/h3-11H,2H2,1H3,(H,17,19)/b10-9+.